The van der Waals surface area contributed by atoms with Crippen LogP contribution in [0.5, 0.6) is 0 Å². The van der Waals surface area contributed by atoms with Crippen LogP contribution in [-0.2, 0) is 0 Å². The lowest BCUT2D eigenvalue weighted by Gasteiger charge is -2.09. The molecule has 0 spiro atoms. The van der Waals surface area contributed by atoms with Gasteiger partial charge >= 0.3 is 0 Å². The minimum atomic E-state index is -0.416. The van der Waals surface area contributed by atoms with Crippen LogP contribution in [0.25, 0.3) is 0 Å². The first-order chi connectivity index (χ1) is 6.68. The number of hydrogen-bond donors (Lipinski definition) is 2. The van der Waals surface area contributed by atoms with Gasteiger partial charge in [-0.05, 0) is 26.0 Å². The van der Waals surface area contributed by atoms with E-state index in [-0.39, 0.29) is 0 Å². The van der Waals surface area contributed by atoms with Gasteiger partial charge in [0.2, 0.25) is 0 Å². The summed E-state index contributed by atoms with van der Waals surface area (Å²) in [6.45, 7) is 4.51. The Morgan fingerprint density at radius 2 is 2.00 bits per heavy atom. The fourth-order valence-corrected chi connectivity index (χ4v) is 1.22. The van der Waals surface area contributed by atoms with E-state index in [1.54, 1.807) is 0 Å². The average molecular weight is 191 g/mol. The molecule has 0 aliphatic heterocycles. The van der Waals surface area contributed by atoms with Gasteiger partial charge in [-0.15, -0.1) is 0 Å². The van der Waals surface area contributed by atoms with E-state index in [1.807, 2.05) is 50.3 Å². The van der Waals surface area contributed by atoms with E-state index in [2.05, 4.69) is 5.32 Å². The summed E-state index contributed by atoms with van der Waals surface area (Å²) in [5.41, 5.74) is 2.17. The predicted molar refractivity (Wildman–Crippen MR) is 60.4 cm³/mol. The SMILES string of the molecule is CC(C)=CC(O)CNc1ccccc1. The van der Waals surface area contributed by atoms with Crippen molar-refractivity contribution >= 4 is 5.69 Å². The summed E-state index contributed by atoms with van der Waals surface area (Å²) in [5.74, 6) is 0. The molecule has 0 aliphatic carbocycles. The van der Waals surface area contributed by atoms with Crippen LogP contribution in [0.2, 0.25) is 0 Å². The molecule has 0 aromatic heterocycles. The number of anilines is 1. The predicted octanol–water partition coefficient (Wildman–Crippen LogP) is 2.43. The van der Waals surface area contributed by atoms with E-state index >= 15 is 0 Å². The molecule has 1 unspecified atom stereocenters. The molecular formula is C12H17NO. The maximum atomic E-state index is 9.54. The number of aliphatic hydroxyl groups is 1. The second kappa shape index (κ2) is 5.45. The van der Waals surface area contributed by atoms with E-state index in [9.17, 15) is 5.11 Å². The molecule has 0 heterocycles. The average Bonchev–Trinajstić information content (AvgIpc) is 2.15. The van der Waals surface area contributed by atoms with Crippen molar-refractivity contribution < 1.29 is 5.11 Å². The monoisotopic (exact) mass is 191 g/mol. The highest BCUT2D eigenvalue weighted by atomic mass is 16.3. The Labute approximate surface area is 85.3 Å². The van der Waals surface area contributed by atoms with E-state index in [0.29, 0.717) is 6.54 Å². The summed E-state index contributed by atoms with van der Waals surface area (Å²) < 4.78 is 0. The molecule has 1 aromatic carbocycles. The Morgan fingerprint density at radius 3 is 2.57 bits per heavy atom. The van der Waals surface area contributed by atoms with Crippen molar-refractivity contribution in [3.05, 3.63) is 42.0 Å². The molecule has 0 fully saturated rings. The highest BCUT2D eigenvalue weighted by Crippen LogP contribution is 2.05. The van der Waals surface area contributed by atoms with Gasteiger partial charge in [-0.1, -0.05) is 29.8 Å². The number of benzene rings is 1. The molecule has 1 rings (SSSR count). The Bertz CT molecular complexity index is 288. The maximum absolute atomic E-state index is 9.54. The molecule has 0 saturated heterocycles. The molecule has 76 valence electrons. The Morgan fingerprint density at radius 1 is 1.36 bits per heavy atom. The standard InChI is InChI=1S/C12H17NO/c1-10(2)8-12(14)9-13-11-6-4-3-5-7-11/h3-8,12-14H,9H2,1-2H3. The van der Waals surface area contributed by atoms with Crippen LogP contribution in [0.1, 0.15) is 13.8 Å². The first-order valence-electron chi connectivity index (χ1n) is 4.80. The van der Waals surface area contributed by atoms with Crippen molar-refractivity contribution in [2.75, 3.05) is 11.9 Å². The first kappa shape index (κ1) is 10.8. The molecule has 0 amide bonds. The third-order valence-electron chi connectivity index (χ3n) is 1.81. The zero-order valence-electron chi connectivity index (χ0n) is 8.70. The second-order valence-corrected chi connectivity index (χ2v) is 3.56. The molecule has 1 aromatic rings. The lowest BCUT2D eigenvalue weighted by Crippen LogP contribution is -2.17. The molecule has 2 heteroatoms. The van der Waals surface area contributed by atoms with Crippen molar-refractivity contribution in [3.63, 3.8) is 0 Å². The van der Waals surface area contributed by atoms with Gasteiger partial charge in [0, 0.05) is 12.2 Å². The van der Waals surface area contributed by atoms with Gasteiger partial charge in [-0.25, -0.2) is 0 Å². The van der Waals surface area contributed by atoms with Crippen molar-refractivity contribution in [2.45, 2.75) is 20.0 Å². The highest BCUT2D eigenvalue weighted by molar-refractivity contribution is 5.42. The Balaban J connectivity index is 2.38. The van der Waals surface area contributed by atoms with Gasteiger partial charge in [0.15, 0.2) is 0 Å². The van der Waals surface area contributed by atoms with Gasteiger partial charge in [0.05, 0.1) is 6.10 Å². The molecule has 0 radical (unpaired) electrons. The van der Waals surface area contributed by atoms with Crippen molar-refractivity contribution in [3.8, 4) is 0 Å². The highest BCUT2D eigenvalue weighted by Gasteiger charge is 1.98. The molecule has 0 saturated carbocycles. The van der Waals surface area contributed by atoms with Gasteiger partial charge < -0.3 is 10.4 Å². The van der Waals surface area contributed by atoms with E-state index < -0.39 is 6.10 Å². The van der Waals surface area contributed by atoms with E-state index in [0.717, 1.165) is 11.3 Å². The number of hydrogen-bond acceptors (Lipinski definition) is 2. The maximum Gasteiger partial charge on any atom is 0.0895 e. The summed E-state index contributed by atoms with van der Waals surface area (Å²) in [6, 6.07) is 9.87. The summed E-state index contributed by atoms with van der Waals surface area (Å²) in [6.07, 6.45) is 1.43. The number of allylic oxidation sites excluding steroid dienone is 1. The number of nitrogens with one attached hydrogen (secondary N) is 1. The van der Waals surface area contributed by atoms with Gasteiger partial charge in [-0.2, -0.15) is 0 Å². The van der Waals surface area contributed by atoms with Crippen LogP contribution in [0, 0.1) is 0 Å². The first-order valence-corrected chi connectivity index (χ1v) is 4.80. The Kier molecular flexibility index (Phi) is 4.20. The molecule has 0 bridgehead atoms. The van der Waals surface area contributed by atoms with Crippen LogP contribution in [0.3, 0.4) is 0 Å². The molecule has 2 nitrogen and oxygen atoms in total. The topological polar surface area (TPSA) is 32.3 Å². The van der Waals surface area contributed by atoms with Crippen LogP contribution < -0.4 is 5.32 Å². The minimum absolute atomic E-state index is 0.416. The van der Waals surface area contributed by atoms with Crippen LogP contribution in [0.15, 0.2) is 42.0 Å². The number of para-hydroxylation sites is 1. The number of rotatable bonds is 4. The third-order valence-corrected chi connectivity index (χ3v) is 1.81. The lowest BCUT2D eigenvalue weighted by molar-refractivity contribution is 0.235. The quantitative estimate of drug-likeness (QED) is 0.716. The molecule has 2 N–H and O–H groups in total. The summed E-state index contributed by atoms with van der Waals surface area (Å²) in [5, 5.41) is 12.7. The van der Waals surface area contributed by atoms with Gasteiger partial charge in [0.25, 0.3) is 0 Å². The van der Waals surface area contributed by atoms with Crippen LogP contribution in [-0.4, -0.2) is 17.8 Å². The lowest BCUT2D eigenvalue weighted by atomic mass is 10.2. The van der Waals surface area contributed by atoms with Crippen molar-refractivity contribution in [1.82, 2.24) is 0 Å². The molecule has 1 atom stereocenters. The third kappa shape index (κ3) is 4.10. The van der Waals surface area contributed by atoms with Crippen molar-refractivity contribution in [2.24, 2.45) is 0 Å². The van der Waals surface area contributed by atoms with Crippen LogP contribution >= 0.6 is 0 Å². The fourth-order valence-electron chi connectivity index (χ4n) is 1.22. The van der Waals surface area contributed by atoms with Gasteiger partial charge in [0.1, 0.15) is 0 Å². The summed E-state index contributed by atoms with van der Waals surface area (Å²) in [7, 11) is 0. The zero-order valence-corrected chi connectivity index (χ0v) is 8.70. The second-order valence-electron chi connectivity index (χ2n) is 3.56. The van der Waals surface area contributed by atoms with E-state index in [4.69, 9.17) is 0 Å². The Hall–Kier alpha value is -1.28. The van der Waals surface area contributed by atoms with E-state index in [1.165, 1.54) is 0 Å². The number of aliphatic hydroxyl groups excluding tert-OH is 1. The van der Waals surface area contributed by atoms with Gasteiger partial charge in [-0.3, -0.25) is 0 Å². The van der Waals surface area contributed by atoms with Crippen LogP contribution in [0.4, 0.5) is 5.69 Å². The fraction of sp³-hybridized carbons (Fsp3) is 0.333. The van der Waals surface area contributed by atoms with Crippen molar-refractivity contribution in [1.29, 1.82) is 0 Å². The largest absolute Gasteiger partial charge is 0.387 e. The smallest absolute Gasteiger partial charge is 0.0895 e. The normalized spacial score (nSPS) is 11.9. The summed E-state index contributed by atoms with van der Waals surface area (Å²) >= 11 is 0. The zero-order chi connectivity index (χ0) is 10.4. The molecular weight excluding hydrogens is 174 g/mol. The minimum Gasteiger partial charge on any atom is -0.387 e. The summed E-state index contributed by atoms with van der Waals surface area (Å²) in [4.78, 5) is 0. The molecule has 14 heavy (non-hydrogen) atoms. The molecule has 0 aliphatic rings.